The Hall–Kier alpha value is -2.45. The van der Waals surface area contributed by atoms with Crippen LogP contribution in [0.15, 0.2) is 29.8 Å². The van der Waals surface area contributed by atoms with Crippen molar-refractivity contribution in [2.24, 2.45) is 0 Å². The van der Waals surface area contributed by atoms with Gasteiger partial charge in [0.05, 0.1) is 29.9 Å². The van der Waals surface area contributed by atoms with Gasteiger partial charge in [-0.25, -0.2) is 14.6 Å². The van der Waals surface area contributed by atoms with Crippen molar-refractivity contribution < 1.29 is 19.4 Å². The molecule has 0 atom stereocenters. The van der Waals surface area contributed by atoms with Gasteiger partial charge in [0, 0.05) is 25.1 Å². The number of aryl methyl sites for hydroxylation is 1. The van der Waals surface area contributed by atoms with Crippen molar-refractivity contribution >= 4 is 23.3 Å². The third-order valence-corrected chi connectivity index (χ3v) is 4.60. The summed E-state index contributed by atoms with van der Waals surface area (Å²) in [4.78, 5) is 30.3. The predicted molar refractivity (Wildman–Crippen MR) is 94.8 cm³/mol. The number of aromatic carboxylic acids is 1. The van der Waals surface area contributed by atoms with Crippen LogP contribution >= 0.6 is 11.3 Å². The fourth-order valence-corrected chi connectivity index (χ4v) is 2.95. The minimum Gasteiger partial charge on any atom is -0.478 e. The largest absolute Gasteiger partial charge is 0.478 e. The van der Waals surface area contributed by atoms with Crippen LogP contribution in [0, 0.1) is 6.92 Å². The molecule has 0 saturated carbocycles. The van der Waals surface area contributed by atoms with Gasteiger partial charge in [0.2, 0.25) is 0 Å². The summed E-state index contributed by atoms with van der Waals surface area (Å²) < 4.78 is 5.08. The predicted octanol–water partition coefficient (Wildman–Crippen LogP) is 2.51. The van der Waals surface area contributed by atoms with E-state index in [-0.39, 0.29) is 11.6 Å². The summed E-state index contributed by atoms with van der Waals surface area (Å²) in [6.07, 6.45) is 0. The molecule has 1 aromatic heterocycles. The topological polar surface area (TPSA) is 91.8 Å². The second-order valence-electron chi connectivity index (χ2n) is 5.44. The molecule has 7 nitrogen and oxygen atoms in total. The monoisotopic (exact) mass is 363 g/mol. The zero-order chi connectivity index (χ0) is 18.2. The molecule has 25 heavy (non-hydrogen) atoms. The maximum absolute atomic E-state index is 12.5. The molecule has 0 aliphatic rings. The third-order valence-electron chi connectivity index (χ3n) is 3.68. The Labute approximate surface area is 150 Å². The van der Waals surface area contributed by atoms with Gasteiger partial charge in [-0.3, -0.25) is 0 Å². The summed E-state index contributed by atoms with van der Waals surface area (Å²) in [6, 6.07) is 6.22. The van der Waals surface area contributed by atoms with Crippen molar-refractivity contribution in [3.8, 4) is 0 Å². The zero-order valence-corrected chi connectivity index (χ0v) is 15.0. The molecular formula is C17H21N3O4S. The van der Waals surface area contributed by atoms with E-state index in [1.165, 1.54) is 23.5 Å². The number of carboxylic acid groups (broad SMARTS) is 1. The number of carbonyl (C=O) groups excluding carboxylic acids is 1. The Morgan fingerprint density at radius 2 is 2.04 bits per heavy atom. The number of rotatable bonds is 8. The lowest BCUT2D eigenvalue weighted by atomic mass is 10.1. The van der Waals surface area contributed by atoms with Crippen molar-refractivity contribution in [2.75, 3.05) is 20.3 Å². The molecular weight excluding hydrogens is 342 g/mol. The summed E-state index contributed by atoms with van der Waals surface area (Å²) in [5, 5.41) is 11.8. The number of thiazole rings is 1. The van der Waals surface area contributed by atoms with E-state index in [1.807, 2.05) is 6.92 Å². The molecule has 0 aliphatic carbocycles. The van der Waals surface area contributed by atoms with Gasteiger partial charge in [-0.1, -0.05) is 12.1 Å². The number of carboxylic acids is 1. The number of hydrogen-bond donors (Lipinski definition) is 2. The van der Waals surface area contributed by atoms with E-state index < -0.39 is 5.97 Å². The molecule has 0 spiro atoms. The summed E-state index contributed by atoms with van der Waals surface area (Å²) in [5.74, 6) is -0.971. The Balaban J connectivity index is 1.96. The molecule has 134 valence electrons. The Morgan fingerprint density at radius 3 is 2.60 bits per heavy atom. The number of nitrogens with zero attached hydrogens (tertiary/aromatic N) is 2. The number of aromatic nitrogens is 1. The smallest absolute Gasteiger partial charge is 0.335 e. The Bertz CT molecular complexity index is 715. The molecule has 0 unspecified atom stereocenters. The van der Waals surface area contributed by atoms with Crippen LogP contribution in [0.4, 0.5) is 4.79 Å². The first-order chi connectivity index (χ1) is 12.0. The molecule has 0 radical (unpaired) electrons. The van der Waals surface area contributed by atoms with Crippen LogP contribution in [0.25, 0.3) is 0 Å². The van der Waals surface area contributed by atoms with E-state index in [0.29, 0.717) is 26.2 Å². The number of carbonyl (C=O) groups is 2. The number of benzene rings is 1. The van der Waals surface area contributed by atoms with E-state index in [0.717, 1.165) is 16.1 Å². The van der Waals surface area contributed by atoms with Gasteiger partial charge in [-0.2, -0.15) is 0 Å². The Kier molecular flexibility index (Phi) is 6.91. The van der Waals surface area contributed by atoms with Crippen LogP contribution in [0.5, 0.6) is 0 Å². The van der Waals surface area contributed by atoms with Crippen molar-refractivity contribution in [1.29, 1.82) is 0 Å². The number of urea groups is 1. The van der Waals surface area contributed by atoms with E-state index in [9.17, 15) is 9.59 Å². The molecule has 0 fully saturated rings. The van der Waals surface area contributed by atoms with Crippen LogP contribution in [-0.2, 0) is 17.8 Å². The number of ether oxygens (including phenoxy) is 1. The lowest BCUT2D eigenvalue weighted by Gasteiger charge is -2.22. The minimum absolute atomic E-state index is 0.202. The molecule has 2 rings (SSSR count). The first-order valence-electron chi connectivity index (χ1n) is 7.74. The van der Waals surface area contributed by atoms with E-state index in [2.05, 4.69) is 10.3 Å². The fraction of sp³-hybridized carbons (Fsp3) is 0.353. The van der Waals surface area contributed by atoms with Crippen LogP contribution < -0.4 is 5.32 Å². The van der Waals surface area contributed by atoms with Crippen molar-refractivity contribution in [3.05, 3.63) is 51.5 Å². The number of hydrogen-bond acceptors (Lipinski definition) is 5. The lowest BCUT2D eigenvalue weighted by molar-refractivity contribution is 0.0697. The SMILES string of the molecule is COCCN(Cc1scnc1C)C(=O)NCc1ccc(C(=O)O)cc1. The zero-order valence-electron chi connectivity index (χ0n) is 14.2. The van der Waals surface area contributed by atoms with Gasteiger partial charge >= 0.3 is 12.0 Å². The average molecular weight is 363 g/mol. The van der Waals surface area contributed by atoms with Crippen LogP contribution in [0.1, 0.15) is 26.5 Å². The van der Waals surface area contributed by atoms with Crippen molar-refractivity contribution in [1.82, 2.24) is 15.2 Å². The number of nitrogens with one attached hydrogen (secondary N) is 1. The van der Waals surface area contributed by atoms with Gasteiger partial charge in [0.15, 0.2) is 0 Å². The van der Waals surface area contributed by atoms with Crippen LogP contribution in [-0.4, -0.2) is 47.3 Å². The molecule has 2 amide bonds. The van der Waals surface area contributed by atoms with E-state index >= 15 is 0 Å². The van der Waals surface area contributed by atoms with Crippen LogP contribution in [0.2, 0.25) is 0 Å². The van der Waals surface area contributed by atoms with Crippen LogP contribution in [0.3, 0.4) is 0 Å². The fourth-order valence-electron chi connectivity index (χ4n) is 2.16. The first kappa shape index (κ1) is 18.9. The van der Waals surface area contributed by atoms with Crippen molar-refractivity contribution in [3.63, 3.8) is 0 Å². The van der Waals surface area contributed by atoms with Crippen molar-refractivity contribution in [2.45, 2.75) is 20.0 Å². The molecule has 8 heteroatoms. The summed E-state index contributed by atoms with van der Waals surface area (Å²) >= 11 is 1.52. The second-order valence-corrected chi connectivity index (χ2v) is 6.38. The summed E-state index contributed by atoms with van der Waals surface area (Å²) in [5.41, 5.74) is 3.74. The second kappa shape index (κ2) is 9.14. The molecule has 0 aliphatic heterocycles. The van der Waals surface area contributed by atoms with Gasteiger partial charge in [0.1, 0.15) is 0 Å². The number of amides is 2. The lowest BCUT2D eigenvalue weighted by Crippen LogP contribution is -2.40. The van der Waals surface area contributed by atoms with Gasteiger partial charge in [-0.05, 0) is 24.6 Å². The highest BCUT2D eigenvalue weighted by Gasteiger charge is 2.16. The molecule has 0 saturated heterocycles. The highest BCUT2D eigenvalue weighted by atomic mass is 32.1. The van der Waals surface area contributed by atoms with E-state index in [4.69, 9.17) is 9.84 Å². The number of methoxy groups -OCH3 is 1. The maximum atomic E-state index is 12.5. The molecule has 0 bridgehead atoms. The molecule has 2 aromatic rings. The highest BCUT2D eigenvalue weighted by molar-refractivity contribution is 7.09. The molecule has 1 aromatic carbocycles. The standard InChI is InChI=1S/C17H21N3O4S/c1-12-15(25-11-19-12)10-20(7-8-24-2)17(23)18-9-13-3-5-14(6-4-13)16(21)22/h3-6,11H,7-10H2,1-2H3,(H,18,23)(H,21,22). The molecule has 1 heterocycles. The van der Waals surface area contributed by atoms with Gasteiger partial charge < -0.3 is 20.1 Å². The minimum atomic E-state index is -0.971. The third kappa shape index (κ3) is 5.54. The quantitative estimate of drug-likeness (QED) is 0.752. The maximum Gasteiger partial charge on any atom is 0.335 e. The summed E-state index contributed by atoms with van der Waals surface area (Å²) in [6.45, 7) is 3.63. The van der Waals surface area contributed by atoms with Gasteiger partial charge in [0.25, 0.3) is 0 Å². The summed E-state index contributed by atoms with van der Waals surface area (Å²) in [7, 11) is 1.60. The normalized spacial score (nSPS) is 10.5. The van der Waals surface area contributed by atoms with Gasteiger partial charge in [-0.15, -0.1) is 11.3 Å². The molecule has 2 N–H and O–H groups in total. The highest BCUT2D eigenvalue weighted by Crippen LogP contribution is 2.15. The average Bonchev–Trinajstić information content (AvgIpc) is 3.01. The first-order valence-corrected chi connectivity index (χ1v) is 8.62. The van der Waals surface area contributed by atoms with E-state index in [1.54, 1.807) is 29.7 Å². The Morgan fingerprint density at radius 1 is 1.32 bits per heavy atom.